The Morgan fingerprint density at radius 1 is 0.840 bits per heavy atom. The first-order valence-corrected chi connectivity index (χ1v) is 11.5. The van der Waals surface area contributed by atoms with Gasteiger partial charge in [0.2, 0.25) is 0 Å². The quantitative estimate of drug-likeness (QED) is 0.538. The molecule has 0 saturated heterocycles. The van der Waals surface area contributed by atoms with Crippen molar-refractivity contribution in [2.24, 2.45) is 0 Å². The van der Waals surface area contributed by atoms with Crippen molar-refractivity contribution in [3.63, 3.8) is 0 Å². The van der Waals surface area contributed by atoms with E-state index in [0.29, 0.717) is 0 Å². The standard InChI is InChI=1S/C21H28N2S2/c1-4-10-17(11-5-1)21-22-20(16-24-21)25-23(18-12-6-2-7-13-18)19-14-8-3-9-15-19/h1,4-5,10-11,16,18-19H,2-3,6-9,12-15H2. The SMILES string of the molecule is c1ccc(-c2nc(SN(C3CCCCC3)C3CCCCC3)cs2)cc1. The molecule has 0 N–H and O–H groups in total. The number of nitrogens with zero attached hydrogens (tertiary/aromatic N) is 2. The zero-order valence-corrected chi connectivity index (χ0v) is 16.5. The largest absolute Gasteiger partial charge is 0.239 e. The highest BCUT2D eigenvalue weighted by Gasteiger charge is 2.30. The average Bonchev–Trinajstić information content (AvgIpc) is 3.17. The van der Waals surface area contributed by atoms with Crippen LogP contribution in [0.2, 0.25) is 0 Å². The molecular weight excluding hydrogens is 344 g/mol. The lowest BCUT2D eigenvalue weighted by molar-refractivity contribution is 0.184. The normalized spacial score (nSPS) is 20.2. The maximum Gasteiger partial charge on any atom is 0.124 e. The Hall–Kier alpha value is -0.840. The topological polar surface area (TPSA) is 16.1 Å². The average molecular weight is 373 g/mol. The summed E-state index contributed by atoms with van der Waals surface area (Å²) >= 11 is 3.73. The minimum atomic E-state index is 0.753. The summed E-state index contributed by atoms with van der Waals surface area (Å²) in [6.07, 6.45) is 14.0. The molecule has 0 bridgehead atoms. The first-order valence-electron chi connectivity index (χ1n) is 9.87. The fourth-order valence-electron chi connectivity index (χ4n) is 4.24. The van der Waals surface area contributed by atoms with E-state index in [1.54, 1.807) is 11.3 Å². The van der Waals surface area contributed by atoms with E-state index in [-0.39, 0.29) is 0 Å². The molecule has 0 amide bonds. The van der Waals surface area contributed by atoms with Crippen LogP contribution in [0.4, 0.5) is 0 Å². The summed E-state index contributed by atoms with van der Waals surface area (Å²) in [6.45, 7) is 0. The number of aromatic nitrogens is 1. The summed E-state index contributed by atoms with van der Waals surface area (Å²) in [5.74, 6) is 0. The summed E-state index contributed by atoms with van der Waals surface area (Å²) < 4.78 is 2.77. The molecule has 1 aromatic heterocycles. The number of thiazole rings is 1. The van der Waals surface area contributed by atoms with Crippen LogP contribution in [0, 0.1) is 0 Å². The second-order valence-corrected chi connectivity index (χ2v) is 9.27. The van der Waals surface area contributed by atoms with E-state index in [4.69, 9.17) is 4.98 Å². The molecule has 0 unspecified atom stereocenters. The maximum absolute atomic E-state index is 4.95. The Morgan fingerprint density at radius 2 is 1.44 bits per heavy atom. The Morgan fingerprint density at radius 3 is 2.04 bits per heavy atom. The first kappa shape index (κ1) is 17.6. The van der Waals surface area contributed by atoms with Gasteiger partial charge in [-0.05, 0) is 37.6 Å². The molecule has 1 heterocycles. The molecule has 2 aromatic rings. The summed E-state index contributed by atoms with van der Waals surface area (Å²) in [6, 6.07) is 12.1. The van der Waals surface area contributed by atoms with Crippen LogP contribution in [0.1, 0.15) is 64.2 Å². The van der Waals surface area contributed by atoms with Gasteiger partial charge in [-0.3, -0.25) is 0 Å². The van der Waals surface area contributed by atoms with Gasteiger partial charge in [-0.15, -0.1) is 11.3 Å². The van der Waals surface area contributed by atoms with E-state index in [2.05, 4.69) is 40.0 Å². The Labute approximate surface area is 160 Å². The number of hydrogen-bond acceptors (Lipinski definition) is 4. The second-order valence-electron chi connectivity index (χ2n) is 7.39. The molecule has 2 saturated carbocycles. The lowest BCUT2D eigenvalue weighted by atomic mass is 9.91. The summed E-state index contributed by atoms with van der Waals surface area (Å²) in [5.41, 5.74) is 1.24. The Balaban J connectivity index is 1.50. The van der Waals surface area contributed by atoms with Gasteiger partial charge in [-0.2, -0.15) is 0 Å². The van der Waals surface area contributed by atoms with E-state index in [1.807, 2.05) is 11.9 Å². The molecule has 2 fully saturated rings. The van der Waals surface area contributed by atoms with E-state index in [0.717, 1.165) is 17.1 Å². The van der Waals surface area contributed by atoms with E-state index >= 15 is 0 Å². The van der Waals surface area contributed by atoms with E-state index < -0.39 is 0 Å². The lowest BCUT2D eigenvalue weighted by Crippen LogP contribution is -2.40. The molecule has 25 heavy (non-hydrogen) atoms. The smallest absolute Gasteiger partial charge is 0.124 e. The third-order valence-electron chi connectivity index (χ3n) is 5.57. The second kappa shape index (κ2) is 8.70. The maximum atomic E-state index is 4.95. The van der Waals surface area contributed by atoms with Gasteiger partial charge < -0.3 is 0 Å². The minimum absolute atomic E-state index is 0.753. The molecule has 2 aliphatic carbocycles. The summed E-state index contributed by atoms with van der Waals surface area (Å²) in [7, 11) is 0. The monoisotopic (exact) mass is 372 g/mol. The molecule has 134 valence electrons. The minimum Gasteiger partial charge on any atom is -0.239 e. The van der Waals surface area contributed by atoms with Gasteiger partial charge in [0, 0.05) is 23.0 Å². The van der Waals surface area contributed by atoms with Crippen LogP contribution < -0.4 is 0 Å². The molecule has 0 radical (unpaired) electrons. The van der Waals surface area contributed by atoms with E-state index in [9.17, 15) is 0 Å². The van der Waals surface area contributed by atoms with Crippen LogP contribution in [-0.4, -0.2) is 21.4 Å². The van der Waals surface area contributed by atoms with Gasteiger partial charge in [0.15, 0.2) is 0 Å². The van der Waals surface area contributed by atoms with Crippen molar-refractivity contribution in [3.8, 4) is 10.6 Å². The molecule has 0 atom stereocenters. The van der Waals surface area contributed by atoms with Crippen LogP contribution >= 0.6 is 23.3 Å². The molecule has 4 rings (SSSR count). The van der Waals surface area contributed by atoms with Crippen LogP contribution in [0.3, 0.4) is 0 Å². The van der Waals surface area contributed by atoms with Gasteiger partial charge in [-0.1, -0.05) is 68.9 Å². The van der Waals surface area contributed by atoms with Gasteiger partial charge in [0.1, 0.15) is 10.0 Å². The van der Waals surface area contributed by atoms with Gasteiger partial charge in [0.25, 0.3) is 0 Å². The third-order valence-corrected chi connectivity index (χ3v) is 7.82. The van der Waals surface area contributed by atoms with Gasteiger partial charge in [0.05, 0.1) is 0 Å². The predicted octanol–water partition coefficient (Wildman–Crippen LogP) is 6.78. The van der Waals surface area contributed by atoms with Crippen molar-refractivity contribution in [2.45, 2.75) is 81.3 Å². The lowest BCUT2D eigenvalue weighted by Gasteiger charge is -2.40. The van der Waals surface area contributed by atoms with Crippen molar-refractivity contribution in [2.75, 3.05) is 0 Å². The van der Waals surface area contributed by atoms with Crippen molar-refractivity contribution >= 4 is 23.3 Å². The van der Waals surface area contributed by atoms with Crippen LogP contribution in [0.5, 0.6) is 0 Å². The van der Waals surface area contributed by atoms with Crippen LogP contribution in [0.15, 0.2) is 40.7 Å². The van der Waals surface area contributed by atoms with Crippen LogP contribution in [-0.2, 0) is 0 Å². The number of benzene rings is 1. The number of rotatable bonds is 5. The van der Waals surface area contributed by atoms with E-state index in [1.165, 1.54) is 74.8 Å². The molecular formula is C21H28N2S2. The van der Waals surface area contributed by atoms with Crippen molar-refractivity contribution < 1.29 is 0 Å². The van der Waals surface area contributed by atoms with Gasteiger partial charge >= 0.3 is 0 Å². The summed E-state index contributed by atoms with van der Waals surface area (Å²) in [4.78, 5) is 4.95. The molecule has 1 aromatic carbocycles. The van der Waals surface area contributed by atoms with Crippen molar-refractivity contribution in [1.29, 1.82) is 0 Å². The zero-order chi connectivity index (χ0) is 16.9. The summed E-state index contributed by atoms with van der Waals surface area (Å²) in [5, 5.41) is 4.60. The third kappa shape index (κ3) is 4.47. The van der Waals surface area contributed by atoms with Crippen LogP contribution in [0.25, 0.3) is 10.6 Å². The molecule has 0 spiro atoms. The molecule has 2 nitrogen and oxygen atoms in total. The highest BCUT2D eigenvalue weighted by Crippen LogP contribution is 2.39. The predicted molar refractivity (Wildman–Crippen MR) is 109 cm³/mol. The molecule has 2 aliphatic rings. The fraction of sp³-hybridized carbons (Fsp3) is 0.571. The molecule has 4 heteroatoms. The van der Waals surface area contributed by atoms with Gasteiger partial charge in [-0.25, -0.2) is 9.29 Å². The van der Waals surface area contributed by atoms with Crippen molar-refractivity contribution in [1.82, 2.24) is 9.29 Å². The Kier molecular flexibility index (Phi) is 6.11. The zero-order valence-electron chi connectivity index (χ0n) is 14.9. The molecule has 0 aliphatic heterocycles. The van der Waals surface area contributed by atoms with Crippen molar-refractivity contribution in [3.05, 3.63) is 35.7 Å². The highest BCUT2D eigenvalue weighted by molar-refractivity contribution is 7.97. The highest BCUT2D eigenvalue weighted by atomic mass is 32.2. The Bertz CT molecular complexity index is 625. The number of hydrogen-bond donors (Lipinski definition) is 0. The first-order chi connectivity index (χ1) is 12.4. The fourth-order valence-corrected chi connectivity index (χ4v) is 6.37.